The average molecular weight is 315 g/mol. The van der Waals surface area contributed by atoms with Crippen LogP contribution < -0.4 is 14.8 Å². The van der Waals surface area contributed by atoms with Crippen LogP contribution >= 0.6 is 0 Å². The number of aromatic carboxylic acids is 1. The van der Waals surface area contributed by atoms with Gasteiger partial charge in [0.25, 0.3) is 5.91 Å². The van der Waals surface area contributed by atoms with Crippen LogP contribution in [0.15, 0.2) is 42.5 Å². The number of benzene rings is 2. The zero-order chi connectivity index (χ0) is 16.8. The lowest BCUT2D eigenvalue weighted by Crippen LogP contribution is -2.20. The van der Waals surface area contributed by atoms with Gasteiger partial charge >= 0.3 is 5.97 Å². The molecule has 6 heteroatoms. The highest BCUT2D eigenvalue weighted by atomic mass is 16.5. The Kier molecular flexibility index (Phi) is 5.19. The smallest absolute Gasteiger partial charge is 0.335 e. The first-order valence-electron chi connectivity index (χ1n) is 6.90. The molecule has 0 heterocycles. The molecule has 0 aromatic heterocycles. The number of hydrogen-bond acceptors (Lipinski definition) is 4. The molecule has 0 fully saturated rings. The average Bonchev–Trinajstić information content (AvgIpc) is 2.54. The molecular weight excluding hydrogens is 298 g/mol. The summed E-state index contributed by atoms with van der Waals surface area (Å²) in [7, 11) is 1.40. The maximum atomic E-state index is 11.9. The van der Waals surface area contributed by atoms with Gasteiger partial charge in [0.05, 0.1) is 12.7 Å². The zero-order valence-corrected chi connectivity index (χ0v) is 12.8. The van der Waals surface area contributed by atoms with Crippen LogP contribution in [-0.4, -0.2) is 30.7 Å². The largest absolute Gasteiger partial charge is 0.493 e. The third-order valence-electron chi connectivity index (χ3n) is 3.10. The summed E-state index contributed by atoms with van der Waals surface area (Å²) in [5.74, 6) is -0.824. The molecule has 1 amide bonds. The Balaban J connectivity index is 1.98. The molecule has 23 heavy (non-hydrogen) atoms. The van der Waals surface area contributed by atoms with Crippen LogP contribution in [0.2, 0.25) is 0 Å². The van der Waals surface area contributed by atoms with Gasteiger partial charge in [-0.1, -0.05) is 17.7 Å². The molecular formula is C17H17NO5. The van der Waals surface area contributed by atoms with Crippen LogP contribution in [0.1, 0.15) is 15.9 Å². The Hall–Kier alpha value is -3.02. The second-order valence-corrected chi connectivity index (χ2v) is 4.87. The quantitative estimate of drug-likeness (QED) is 0.856. The van der Waals surface area contributed by atoms with E-state index in [1.165, 1.54) is 25.3 Å². The predicted molar refractivity (Wildman–Crippen MR) is 85.3 cm³/mol. The lowest BCUT2D eigenvalue weighted by Gasteiger charge is -2.11. The number of carboxylic acids is 1. The molecule has 2 aromatic carbocycles. The van der Waals surface area contributed by atoms with Crippen molar-refractivity contribution in [3.63, 3.8) is 0 Å². The first-order valence-corrected chi connectivity index (χ1v) is 6.90. The number of amides is 1. The minimum absolute atomic E-state index is 0.0818. The van der Waals surface area contributed by atoms with E-state index in [2.05, 4.69) is 5.32 Å². The van der Waals surface area contributed by atoms with Gasteiger partial charge in [-0.3, -0.25) is 4.79 Å². The predicted octanol–water partition coefficient (Wildman–Crippen LogP) is 2.72. The second-order valence-electron chi connectivity index (χ2n) is 4.87. The maximum Gasteiger partial charge on any atom is 0.335 e. The van der Waals surface area contributed by atoms with Crippen molar-refractivity contribution >= 4 is 17.6 Å². The van der Waals surface area contributed by atoms with Gasteiger partial charge in [-0.2, -0.15) is 0 Å². The van der Waals surface area contributed by atoms with Gasteiger partial charge < -0.3 is 19.9 Å². The molecule has 0 saturated heterocycles. The van der Waals surface area contributed by atoms with Crippen molar-refractivity contribution in [2.45, 2.75) is 6.92 Å². The highest BCUT2D eigenvalue weighted by Crippen LogP contribution is 2.28. The maximum absolute atomic E-state index is 11.9. The van der Waals surface area contributed by atoms with Gasteiger partial charge in [-0.25, -0.2) is 4.79 Å². The first-order chi connectivity index (χ1) is 11.0. The van der Waals surface area contributed by atoms with Crippen LogP contribution in [0.25, 0.3) is 0 Å². The Morgan fingerprint density at radius 1 is 1.09 bits per heavy atom. The van der Waals surface area contributed by atoms with E-state index in [9.17, 15) is 9.59 Å². The van der Waals surface area contributed by atoms with E-state index in [-0.39, 0.29) is 23.8 Å². The van der Waals surface area contributed by atoms with Crippen molar-refractivity contribution in [3.05, 3.63) is 53.6 Å². The van der Waals surface area contributed by atoms with Gasteiger partial charge in [0.1, 0.15) is 0 Å². The van der Waals surface area contributed by atoms with E-state index >= 15 is 0 Å². The van der Waals surface area contributed by atoms with Crippen LogP contribution in [0.4, 0.5) is 5.69 Å². The SMILES string of the molecule is COc1cc(C(=O)O)ccc1OCC(=O)Nc1ccc(C)cc1. The number of hydrogen-bond donors (Lipinski definition) is 2. The minimum atomic E-state index is -1.06. The molecule has 0 aliphatic carbocycles. The van der Waals surface area contributed by atoms with Crippen LogP contribution in [0.3, 0.4) is 0 Å². The van der Waals surface area contributed by atoms with Gasteiger partial charge in [0.2, 0.25) is 0 Å². The molecule has 0 bridgehead atoms. The summed E-state index contributed by atoms with van der Waals surface area (Å²) in [6.45, 7) is 1.75. The molecule has 2 N–H and O–H groups in total. The van der Waals surface area contributed by atoms with E-state index in [1.807, 2.05) is 19.1 Å². The summed E-state index contributed by atoms with van der Waals surface area (Å²) in [6, 6.07) is 11.6. The number of methoxy groups -OCH3 is 1. The number of aryl methyl sites for hydroxylation is 1. The number of nitrogens with one attached hydrogen (secondary N) is 1. The normalized spacial score (nSPS) is 10.0. The number of ether oxygens (including phenoxy) is 2. The van der Waals surface area contributed by atoms with Crippen molar-refractivity contribution in [2.75, 3.05) is 19.0 Å². The Bertz CT molecular complexity index is 709. The summed E-state index contributed by atoms with van der Waals surface area (Å²) >= 11 is 0. The lowest BCUT2D eigenvalue weighted by molar-refractivity contribution is -0.118. The lowest BCUT2D eigenvalue weighted by atomic mass is 10.2. The number of carboxylic acid groups (broad SMARTS) is 1. The number of carbonyl (C=O) groups is 2. The third kappa shape index (κ3) is 4.47. The van der Waals surface area contributed by atoms with Crippen molar-refractivity contribution < 1.29 is 24.2 Å². The number of rotatable bonds is 6. The highest BCUT2D eigenvalue weighted by molar-refractivity contribution is 5.92. The minimum Gasteiger partial charge on any atom is -0.493 e. The number of carbonyl (C=O) groups excluding carboxylic acids is 1. The van der Waals surface area contributed by atoms with Gasteiger partial charge in [0, 0.05) is 5.69 Å². The molecule has 0 saturated carbocycles. The van der Waals surface area contributed by atoms with Gasteiger partial charge in [-0.15, -0.1) is 0 Å². The first kappa shape index (κ1) is 16.4. The Labute approximate surface area is 133 Å². The van der Waals surface area contributed by atoms with Crippen LogP contribution in [0.5, 0.6) is 11.5 Å². The summed E-state index contributed by atoms with van der Waals surface area (Å²) in [5.41, 5.74) is 1.86. The summed E-state index contributed by atoms with van der Waals surface area (Å²) in [6.07, 6.45) is 0. The molecule has 0 aliphatic heterocycles. The monoisotopic (exact) mass is 315 g/mol. The van der Waals surface area contributed by atoms with E-state index in [1.54, 1.807) is 12.1 Å². The molecule has 6 nitrogen and oxygen atoms in total. The van der Waals surface area contributed by atoms with Crippen LogP contribution in [0, 0.1) is 6.92 Å². The van der Waals surface area contributed by atoms with Crippen LogP contribution in [-0.2, 0) is 4.79 Å². The summed E-state index contributed by atoms with van der Waals surface area (Å²) in [4.78, 5) is 22.8. The van der Waals surface area contributed by atoms with E-state index < -0.39 is 5.97 Å². The van der Waals surface area contributed by atoms with E-state index in [0.29, 0.717) is 11.4 Å². The summed E-state index contributed by atoms with van der Waals surface area (Å²) < 4.78 is 10.5. The van der Waals surface area contributed by atoms with Gasteiger partial charge in [0.15, 0.2) is 18.1 Å². The zero-order valence-electron chi connectivity index (χ0n) is 12.8. The molecule has 0 aliphatic rings. The molecule has 0 unspecified atom stereocenters. The molecule has 0 radical (unpaired) electrons. The standard InChI is InChI=1S/C17H17NO5/c1-11-3-6-13(7-4-11)18-16(19)10-23-14-8-5-12(17(20)21)9-15(14)22-2/h3-9H,10H2,1-2H3,(H,18,19)(H,20,21). The van der Waals surface area contributed by atoms with Crippen molar-refractivity contribution in [1.29, 1.82) is 0 Å². The molecule has 0 spiro atoms. The molecule has 2 rings (SSSR count). The highest BCUT2D eigenvalue weighted by Gasteiger charge is 2.11. The van der Waals surface area contributed by atoms with Crippen molar-refractivity contribution in [2.24, 2.45) is 0 Å². The fraction of sp³-hybridized carbons (Fsp3) is 0.176. The number of anilines is 1. The third-order valence-corrected chi connectivity index (χ3v) is 3.10. The fourth-order valence-corrected chi connectivity index (χ4v) is 1.90. The summed E-state index contributed by atoms with van der Waals surface area (Å²) in [5, 5.41) is 11.6. The molecule has 0 atom stereocenters. The van der Waals surface area contributed by atoms with E-state index in [0.717, 1.165) is 5.56 Å². The topological polar surface area (TPSA) is 84.9 Å². The van der Waals surface area contributed by atoms with E-state index in [4.69, 9.17) is 14.6 Å². The van der Waals surface area contributed by atoms with Crippen molar-refractivity contribution in [1.82, 2.24) is 0 Å². The van der Waals surface area contributed by atoms with Gasteiger partial charge in [-0.05, 0) is 37.3 Å². The second kappa shape index (κ2) is 7.31. The Morgan fingerprint density at radius 3 is 2.39 bits per heavy atom. The molecule has 120 valence electrons. The molecule has 2 aromatic rings. The van der Waals surface area contributed by atoms with Crippen molar-refractivity contribution in [3.8, 4) is 11.5 Å². The Morgan fingerprint density at radius 2 is 1.78 bits per heavy atom. The fourth-order valence-electron chi connectivity index (χ4n) is 1.90.